The van der Waals surface area contributed by atoms with E-state index in [0.717, 1.165) is 38.2 Å². The molecule has 1 N–H and O–H groups in total. The summed E-state index contributed by atoms with van der Waals surface area (Å²) in [6, 6.07) is 8.91. The van der Waals surface area contributed by atoms with Crippen LogP contribution in [0, 0.1) is 0 Å². The van der Waals surface area contributed by atoms with Crippen molar-refractivity contribution in [2.75, 3.05) is 31.6 Å². The van der Waals surface area contributed by atoms with E-state index in [9.17, 15) is 4.79 Å². The fourth-order valence-corrected chi connectivity index (χ4v) is 3.22. The summed E-state index contributed by atoms with van der Waals surface area (Å²) in [6.07, 6.45) is 4.80. The minimum Gasteiger partial charge on any atom is -0.333 e. The zero-order chi connectivity index (χ0) is 15.1. The molecule has 1 heterocycles. The van der Waals surface area contributed by atoms with Gasteiger partial charge >= 0.3 is 0 Å². The minimum absolute atomic E-state index is 0.187. The average molecular weight is 306 g/mol. The van der Waals surface area contributed by atoms with Crippen molar-refractivity contribution in [2.45, 2.75) is 32.2 Å². The van der Waals surface area contributed by atoms with Crippen LogP contribution < -0.4 is 5.32 Å². The first-order chi connectivity index (χ1) is 10.3. The lowest BCUT2D eigenvalue weighted by molar-refractivity contribution is -0.134. The molecule has 0 aliphatic carbocycles. The van der Waals surface area contributed by atoms with Gasteiger partial charge in [0.1, 0.15) is 0 Å². The molecular formula is C17H26N2OS. The van der Waals surface area contributed by atoms with Gasteiger partial charge in [-0.3, -0.25) is 4.79 Å². The molecule has 1 aliphatic rings. The quantitative estimate of drug-likeness (QED) is 0.820. The SMILES string of the molecule is CCc1ccc(C2CNCCN2C(=O)CCCSC)cc1. The van der Waals surface area contributed by atoms with Gasteiger partial charge in [-0.2, -0.15) is 11.8 Å². The Morgan fingerprint density at radius 1 is 1.38 bits per heavy atom. The number of hydrogen-bond acceptors (Lipinski definition) is 3. The van der Waals surface area contributed by atoms with E-state index in [1.807, 2.05) is 11.8 Å². The number of aryl methyl sites for hydroxylation is 1. The number of nitrogens with zero attached hydrogens (tertiary/aromatic N) is 1. The van der Waals surface area contributed by atoms with Crippen LogP contribution in [0.1, 0.15) is 36.9 Å². The molecule has 116 valence electrons. The Morgan fingerprint density at radius 2 is 2.14 bits per heavy atom. The van der Waals surface area contributed by atoms with Crippen molar-refractivity contribution in [1.82, 2.24) is 10.2 Å². The molecule has 0 aromatic heterocycles. The first-order valence-electron chi connectivity index (χ1n) is 7.84. The summed E-state index contributed by atoms with van der Waals surface area (Å²) in [4.78, 5) is 14.5. The van der Waals surface area contributed by atoms with Gasteiger partial charge in [-0.15, -0.1) is 0 Å². The molecule has 1 fully saturated rings. The van der Waals surface area contributed by atoms with Gasteiger partial charge in [-0.1, -0.05) is 31.2 Å². The third-order valence-corrected chi connectivity index (χ3v) is 4.77. The number of thioether (sulfide) groups is 1. The van der Waals surface area contributed by atoms with Crippen LogP contribution in [0.5, 0.6) is 0 Å². The molecule has 0 radical (unpaired) electrons. The van der Waals surface area contributed by atoms with Gasteiger partial charge in [-0.05, 0) is 36.0 Å². The van der Waals surface area contributed by atoms with Crippen LogP contribution in [0.3, 0.4) is 0 Å². The molecule has 1 unspecified atom stereocenters. The lowest BCUT2D eigenvalue weighted by Crippen LogP contribution is -2.48. The maximum Gasteiger partial charge on any atom is 0.223 e. The van der Waals surface area contributed by atoms with Crippen LogP contribution in [0.15, 0.2) is 24.3 Å². The summed E-state index contributed by atoms with van der Waals surface area (Å²) >= 11 is 1.81. The Kier molecular flexibility index (Phi) is 6.58. The number of piperazine rings is 1. The Bertz CT molecular complexity index is 447. The topological polar surface area (TPSA) is 32.3 Å². The van der Waals surface area contributed by atoms with Crippen molar-refractivity contribution in [3.8, 4) is 0 Å². The van der Waals surface area contributed by atoms with Gasteiger partial charge in [0.15, 0.2) is 0 Å². The molecule has 1 atom stereocenters. The van der Waals surface area contributed by atoms with E-state index in [2.05, 4.69) is 47.7 Å². The fourth-order valence-electron chi connectivity index (χ4n) is 2.79. The van der Waals surface area contributed by atoms with E-state index in [0.29, 0.717) is 12.3 Å². The fraction of sp³-hybridized carbons (Fsp3) is 0.588. The Morgan fingerprint density at radius 3 is 2.81 bits per heavy atom. The maximum absolute atomic E-state index is 12.5. The van der Waals surface area contributed by atoms with Gasteiger partial charge < -0.3 is 10.2 Å². The highest BCUT2D eigenvalue weighted by Crippen LogP contribution is 2.24. The summed E-state index contributed by atoms with van der Waals surface area (Å²) in [6.45, 7) is 4.74. The normalized spacial score (nSPS) is 18.8. The molecular weight excluding hydrogens is 280 g/mol. The lowest BCUT2D eigenvalue weighted by Gasteiger charge is -2.36. The molecule has 2 rings (SSSR count). The zero-order valence-electron chi connectivity index (χ0n) is 13.1. The summed E-state index contributed by atoms with van der Waals surface area (Å²) in [5.74, 6) is 1.36. The average Bonchev–Trinajstić information content (AvgIpc) is 2.55. The van der Waals surface area contributed by atoms with Crippen LogP contribution in [0.25, 0.3) is 0 Å². The van der Waals surface area contributed by atoms with Gasteiger partial charge in [-0.25, -0.2) is 0 Å². The van der Waals surface area contributed by atoms with Crippen molar-refractivity contribution in [1.29, 1.82) is 0 Å². The predicted octanol–water partition coefficient (Wildman–Crippen LogP) is 2.87. The van der Waals surface area contributed by atoms with E-state index in [-0.39, 0.29) is 6.04 Å². The Labute approximate surface area is 132 Å². The number of rotatable bonds is 6. The molecule has 0 spiro atoms. The second kappa shape index (κ2) is 8.44. The van der Waals surface area contributed by atoms with E-state index in [1.54, 1.807) is 0 Å². The number of carbonyl (C=O) groups excluding carboxylic acids is 1. The van der Waals surface area contributed by atoms with Crippen LogP contribution in [0.4, 0.5) is 0 Å². The predicted molar refractivity (Wildman–Crippen MR) is 90.8 cm³/mol. The molecule has 1 aromatic carbocycles. The van der Waals surface area contributed by atoms with E-state index in [1.165, 1.54) is 11.1 Å². The van der Waals surface area contributed by atoms with Crippen LogP contribution in [0.2, 0.25) is 0 Å². The smallest absolute Gasteiger partial charge is 0.223 e. The largest absolute Gasteiger partial charge is 0.333 e. The Hall–Kier alpha value is -1.00. The zero-order valence-corrected chi connectivity index (χ0v) is 13.9. The maximum atomic E-state index is 12.5. The van der Waals surface area contributed by atoms with Crippen molar-refractivity contribution < 1.29 is 4.79 Å². The monoisotopic (exact) mass is 306 g/mol. The molecule has 1 aromatic rings. The highest BCUT2D eigenvalue weighted by atomic mass is 32.2. The minimum atomic E-state index is 0.187. The molecule has 3 nitrogen and oxygen atoms in total. The molecule has 21 heavy (non-hydrogen) atoms. The van der Waals surface area contributed by atoms with E-state index >= 15 is 0 Å². The van der Waals surface area contributed by atoms with Crippen LogP contribution in [-0.4, -0.2) is 42.4 Å². The molecule has 1 amide bonds. The number of carbonyl (C=O) groups is 1. The summed E-state index contributed by atoms with van der Waals surface area (Å²) < 4.78 is 0. The van der Waals surface area contributed by atoms with Gasteiger partial charge in [0.25, 0.3) is 0 Å². The third-order valence-electron chi connectivity index (χ3n) is 4.08. The highest BCUT2D eigenvalue weighted by molar-refractivity contribution is 7.98. The third kappa shape index (κ3) is 4.48. The van der Waals surface area contributed by atoms with Crippen molar-refractivity contribution in [2.24, 2.45) is 0 Å². The van der Waals surface area contributed by atoms with Gasteiger partial charge in [0.2, 0.25) is 5.91 Å². The molecule has 1 saturated heterocycles. The number of amides is 1. The van der Waals surface area contributed by atoms with E-state index < -0.39 is 0 Å². The summed E-state index contributed by atoms with van der Waals surface area (Å²) in [5, 5.41) is 3.42. The number of benzene rings is 1. The van der Waals surface area contributed by atoms with Gasteiger partial charge in [0.05, 0.1) is 6.04 Å². The second-order valence-electron chi connectivity index (χ2n) is 5.50. The molecule has 1 aliphatic heterocycles. The summed E-state index contributed by atoms with van der Waals surface area (Å²) in [5.41, 5.74) is 2.60. The molecule has 0 saturated carbocycles. The van der Waals surface area contributed by atoms with Gasteiger partial charge in [0, 0.05) is 26.1 Å². The van der Waals surface area contributed by atoms with Crippen molar-refractivity contribution in [3.63, 3.8) is 0 Å². The van der Waals surface area contributed by atoms with Crippen LogP contribution in [-0.2, 0) is 11.2 Å². The van der Waals surface area contributed by atoms with E-state index in [4.69, 9.17) is 0 Å². The molecule has 4 heteroatoms. The van der Waals surface area contributed by atoms with Crippen molar-refractivity contribution in [3.05, 3.63) is 35.4 Å². The van der Waals surface area contributed by atoms with Crippen molar-refractivity contribution >= 4 is 17.7 Å². The number of hydrogen-bond donors (Lipinski definition) is 1. The first kappa shape index (κ1) is 16.4. The Balaban J connectivity index is 2.05. The summed E-state index contributed by atoms with van der Waals surface area (Å²) in [7, 11) is 0. The number of nitrogens with one attached hydrogen (secondary N) is 1. The first-order valence-corrected chi connectivity index (χ1v) is 9.23. The standard InChI is InChI=1S/C17H26N2OS/c1-3-14-6-8-15(9-7-14)16-13-18-10-11-19(16)17(20)5-4-12-21-2/h6-9,16,18H,3-5,10-13H2,1-2H3. The van der Waals surface area contributed by atoms with Crippen LogP contribution >= 0.6 is 11.8 Å². The second-order valence-corrected chi connectivity index (χ2v) is 6.48. The molecule has 0 bridgehead atoms. The lowest BCUT2D eigenvalue weighted by atomic mass is 10.0. The highest BCUT2D eigenvalue weighted by Gasteiger charge is 2.27.